The van der Waals surface area contributed by atoms with Crippen LogP contribution in [0.5, 0.6) is 0 Å². The summed E-state index contributed by atoms with van der Waals surface area (Å²) in [5.41, 5.74) is 1.17. The van der Waals surface area contributed by atoms with Gasteiger partial charge in [-0.25, -0.2) is 0 Å². The van der Waals surface area contributed by atoms with Crippen LogP contribution in [0.25, 0.3) is 0 Å². The van der Waals surface area contributed by atoms with Gasteiger partial charge in [0.05, 0.1) is 6.61 Å². The molecule has 0 aliphatic carbocycles. The summed E-state index contributed by atoms with van der Waals surface area (Å²) in [5.74, 6) is -1.03. The van der Waals surface area contributed by atoms with Crippen molar-refractivity contribution in [1.29, 1.82) is 0 Å². The van der Waals surface area contributed by atoms with Crippen molar-refractivity contribution in [3.05, 3.63) is 29.8 Å². The van der Waals surface area contributed by atoms with Gasteiger partial charge in [0.15, 0.2) is 0 Å². The molecule has 0 radical (unpaired) electrons. The summed E-state index contributed by atoms with van der Waals surface area (Å²) in [7, 11) is 2.54. The molecule has 0 fully saturated rings. The zero-order valence-electron chi connectivity index (χ0n) is 12.8. The SMILES string of the molecule is COC(CCCOS(=S)(=S)c1ccc(C)cc1)(OC)OC. The fourth-order valence-corrected chi connectivity index (χ4v) is 3.80. The van der Waals surface area contributed by atoms with Gasteiger partial charge in [0.25, 0.3) is 5.97 Å². The third-order valence-electron chi connectivity index (χ3n) is 3.11. The molecule has 0 atom stereocenters. The number of benzene rings is 1. The Bertz CT molecular complexity index is 513. The van der Waals surface area contributed by atoms with Gasteiger partial charge in [0.2, 0.25) is 0 Å². The monoisotopic (exact) mass is 350 g/mol. The molecule has 0 spiro atoms. The standard InChI is InChI=1S/C14H22O4S3/c1-12-6-8-13(9-7-12)21(19,20)18-11-5-10-14(15-2,16-3)17-4/h6-9H,5,10-11H2,1-4H3. The molecular weight excluding hydrogens is 328 g/mol. The minimum absolute atomic E-state index is 0.439. The van der Waals surface area contributed by atoms with Crippen LogP contribution >= 0.6 is 0 Å². The lowest BCUT2D eigenvalue weighted by Gasteiger charge is -2.28. The zero-order chi connectivity index (χ0) is 15.9. The fraction of sp³-hybridized carbons (Fsp3) is 0.571. The maximum absolute atomic E-state index is 5.73. The topological polar surface area (TPSA) is 36.9 Å². The minimum atomic E-state index is -2.07. The number of rotatable bonds is 9. The van der Waals surface area contributed by atoms with E-state index in [1.807, 2.05) is 31.2 Å². The molecule has 0 amide bonds. The van der Waals surface area contributed by atoms with Gasteiger partial charge >= 0.3 is 0 Å². The Hall–Kier alpha value is -0.150. The molecule has 0 aliphatic rings. The molecule has 0 aromatic heterocycles. The highest BCUT2D eigenvalue weighted by atomic mass is 33.1. The Balaban J connectivity index is 2.53. The van der Waals surface area contributed by atoms with E-state index in [-0.39, 0.29) is 0 Å². The maximum Gasteiger partial charge on any atom is 0.282 e. The summed E-state index contributed by atoms with van der Waals surface area (Å²) in [4.78, 5) is 0.884. The number of hydrogen-bond donors (Lipinski definition) is 0. The summed E-state index contributed by atoms with van der Waals surface area (Å²) >= 11 is 10.9. The summed E-state index contributed by atoms with van der Waals surface area (Å²) < 4.78 is 21.4. The van der Waals surface area contributed by atoms with Crippen molar-refractivity contribution >= 4 is 29.8 Å². The first kappa shape index (κ1) is 18.9. The Morgan fingerprint density at radius 3 is 2.00 bits per heavy atom. The van der Waals surface area contributed by atoms with Crippen LogP contribution in [-0.4, -0.2) is 33.9 Å². The minimum Gasteiger partial charge on any atom is -0.331 e. The summed E-state index contributed by atoms with van der Waals surface area (Å²) in [6.45, 7) is 2.46. The normalized spacial score (nSPS) is 12.6. The highest BCUT2D eigenvalue weighted by Crippen LogP contribution is 2.20. The van der Waals surface area contributed by atoms with Crippen LogP contribution in [0.1, 0.15) is 18.4 Å². The maximum atomic E-state index is 5.73. The van der Waals surface area contributed by atoms with E-state index in [1.165, 1.54) is 26.9 Å². The highest BCUT2D eigenvalue weighted by molar-refractivity contribution is 8.54. The van der Waals surface area contributed by atoms with Crippen molar-refractivity contribution in [1.82, 2.24) is 0 Å². The molecule has 0 heterocycles. The first-order valence-corrected chi connectivity index (χ1v) is 9.91. The number of methoxy groups -OCH3 is 3. The molecule has 0 unspecified atom stereocenters. The second-order valence-corrected chi connectivity index (χ2v) is 9.55. The smallest absolute Gasteiger partial charge is 0.282 e. The van der Waals surface area contributed by atoms with Crippen molar-refractivity contribution in [2.45, 2.75) is 30.6 Å². The quantitative estimate of drug-likeness (QED) is 0.503. The van der Waals surface area contributed by atoms with Crippen LogP contribution in [0.4, 0.5) is 0 Å². The van der Waals surface area contributed by atoms with Gasteiger partial charge in [-0.15, -0.1) is 0 Å². The van der Waals surface area contributed by atoms with Gasteiger partial charge in [0, 0.05) is 40.1 Å². The highest BCUT2D eigenvalue weighted by Gasteiger charge is 2.28. The molecule has 4 nitrogen and oxygen atoms in total. The molecule has 0 aliphatic heterocycles. The van der Waals surface area contributed by atoms with Gasteiger partial charge in [-0.3, -0.25) is 0 Å². The van der Waals surface area contributed by atoms with Crippen LogP contribution in [0.2, 0.25) is 0 Å². The summed E-state index contributed by atoms with van der Waals surface area (Å²) in [5, 5.41) is 0. The average Bonchev–Trinajstić information content (AvgIpc) is 2.49. The lowest BCUT2D eigenvalue weighted by atomic mass is 10.2. The average molecular weight is 351 g/mol. The lowest BCUT2D eigenvalue weighted by Crippen LogP contribution is -2.36. The van der Waals surface area contributed by atoms with Crippen molar-refractivity contribution < 1.29 is 18.4 Å². The predicted molar refractivity (Wildman–Crippen MR) is 90.5 cm³/mol. The van der Waals surface area contributed by atoms with Crippen LogP contribution in [-0.2, 0) is 48.2 Å². The Labute approximate surface area is 136 Å². The van der Waals surface area contributed by atoms with E-state index in [2.05, 4.69) is 0 Å². The lowest BCUT2D eigenvalue weighted by molar-refractivity contribution is -0.355. The third-order valence-corrected chi connectivity index (χ3v) is 6.17. The second kappa shape index (κ2) is 8.47. The Morgan fingerprint density at radius 1 is 1.00 bits per heavy atom. The molecule has 1 aromatic carbocycles. The molecule has 21 heavy (non-hydrogen) atoms. The summed E-state index contributed by atoms with van der Waals surface area (Å²) in [6, 6.07) is 7.86. The predicted octanol–water partition coefficient (Wildman–Crippen LogP) is 2.74. The van der Waals surface area contributed by atoms with Crippen LogP contribution in [0.3, 0.4) is 0 Å². The number of aryl methyl sites for hydroxylation is 1. The van der Waals surface area contributed by atoms with Crippen molar-refractivity contribution in [2.75, 3.05) is 27.9 Å². The second-order valence-electron chi connectivity index (χ2n) is 4.49. The van der Waals surface area contributed by atoms with E-state index in [0.29, 0.717) is 19.4 Å². The molecule has 0 saturated heterocycles. The third kappa shape index (κ3) is 5.52. The Morgan fingerprint density at radius 2 is 1.52 bits per heavy atom. The van der Waals surface area contributed by atoms with E-state index in [9.17, 15) is 0 Å². The van der Waals surface area contributed by atoms with Gasteiger partial charge in [-0.2, -0.15) is 0 Å². The first-order valence-electron chi connectivity index (χ1n) is 6.50. The largest absolute Gasteiger partial charge is 0.331 e. The molecule has 7 heteroatoms. The first-order chi connectivity index (χ1) is 9.89. The molecular formula is C14H22O4S3. The van der Waals surface area contributed by atoms with E-state index < -0.39 is 13.4 Å². The molecule has 0 saturated carbocycles. The molecule has 0 N–H and O–H groups in total. The van der Waals surface area contributed by atoms with E-state index >= 15 is 0 Å². The van der Waals surface area contributed by atoms with Crippen LogP contribution < -0.4 is 0 Å². The van der Waals surface area contributed by atoms with Crippen molar-refractivity contribution in [3.63, 3.8) is 0 Å². The molecule has 1 aromatic rings. The van der Waals surface area contributed by atoms with Crippen LogP contribution in [0, 0.1) is 6.92 Å². The van der Waals surface area contributed by atoms with E-state index in [0.717, 1.165) is 4.90 Å². The van der Waals surface area contributed by atoms with E-state index in [4.69, 9.17) is 40.8 Å². The van der Waals surface area contributed by atoms with Crippen molar-refractivity contribution in [3.8, 4) is 0 Å². The van der Waals surface area contributed by atoms with E-state index in [1.54, 1.807) is 0 Å². The van der Waals surface area contributed by atoms with Gasteiger partial charge in [0.1, 0.15) is 0 Å². The number of hydrogen-bond acceptors (Lipinski definition) is 6. The molecule has 0 bridgehead atoms. The van der Waals surface area contributed by atoms with Gasteiger partial charge in [-0.05, 0) is 47.9 Å². The fourth-order valence-electron chi connectivity index (χ4n) is 1.79. The van der Waals surface area contributed by atoms with Crippen LogP contribution in [0.15, 0.2) is 29.2 Å². The van der Waals surface area contributed by atoms with Crippen molar-refractivity contribution in [2.24, 2.45) is 0 Å². The van der Waals surface area contributed by atoms with Gasteiger partial charge < -0.3 is 18.4 Å². The molecule has 1 rings (SSSR count). The molecule has 120 valence electrons. The Kier molecular flexibility index (Phi) is 7.63. The summed E-state index contributed by atoms with van der Waals surface area (Å²) in [6.07, 6.45) is 1.20. The zero-order valence-corrected chi connectivity index (χ0v) is 15.2. The van der Waals surface area contributed by atoms with Gasteiger partial charge in [-0.1, -0.05) is 17.7 Å². The number of ether oxygens (including phenoxy) is 3.